The lowest BCUT2D eigenvalue weighted by atomic mass is 10.1. The minimum atomic E-state index is -3.32. The summed E-state index contributed by atoms with van der Waals surface area (Å²) in [6.45, 7) is -2.79. The van der Waals surface area contributed by atoms with Crippen molar-refractivity contribution in [1.82, 2.24) is 14.5 Å². The second-order valence-electron chi connectivity index (χ2n) is 8.78. The summed E-state index contributed by atoms with van der Waals surface area (Å²) in [6, 6.07) is 20.7. The number of ether oxygens (including phenoxy) is 1. The average molecular weight is 554 g/mol. The Bertz CT molecular complexity index is 1710. The standard InChI is InChI=1S/C28H22ClF2N3O3S/c1-38(35,36)23-6-2-19(3-7-23)20-4-8-24-25(16-20)34(27(33-24)14-18-10-12-32-13-11-18)17-21-15-22(29)5-9-26(21)37-28(30)31/h2-13,15-16,28H,14,17H2,1H3. The Morgan fingerprint density at radius 3 is 2.34 bits per heavy atom. The second-order valence-corrected chi connectivity index (χ2v) is 11.2. The highest BCUT2D eigenvalue weighted by Gasteiger charge is 2.17. The first-order valence-corrected chi connectivity index (χ1v) is 13.9. The molecule has 0 aliphatic rings. The molecule has 10 heteroatoms. The number of hydrogen-bond acceptors (Lipinski definition) is 5. The summed E-state index contributed by atoms with van der Waals surface area (Å²) in [7, 11) is -3.32. The van der Waals surface area contributed by atoms with E-state index < -0.39 is 16.4 Å². The van der Waals surface area contributed by atoms with Crippen LogP contribution in [-0.2, 0) is 22.8 Å². The molecule has 3 aromatic carbocycles. The lowest BCUT2D eigenvalue weighted by Gasteiger charge is -2.15. The molecule has 5 aromatic rings. The van der Waals surface area contributed by atoms with E-state index in [1.807, 2.05) is 34.9 Å². The van der Waals surface area contributed by atoms with Crippen LogP contribution in [0, 0.1) is 0 Å². The van der Waals surface area contributed by atoms with Crippen LogP contribution in [0.4, 0.5) is 8.78 Å². The molecule has 0 N–H and O–H groups in total. The normalized spacial score (nSPS) is 11.8. The predicted molar refractivity (Wildman–Crippen MR) is 143 cm³/mol. The highest BCUT2D eigenvalue weighted by molar-refractivity contribution is 7.90. The summed E-state index contributed by atoms with van der Waals surface area (Å²) in [5, 5.41) is 0.397. The zero-order valence-electron chi connectivity index (χ0n) is 20.2. The first-order chi connectivity index (χ1) is 18.2. The number of fused-ring (bicyclic) bond motifs is 1. The predicted octanol–water partition coefficient (Wildman–Crippen LogP) is 6.40. The van der Waals surface area contributed by atoms with Crippen LogP contribution in [0.3, 0.4) is 0 Å². The van der Waals surface area contributed by atoms with Crippen molar-refractivity contribution in [2.75, 3.05) is 6.26 Å². The number of hydrogen-bond donors (Lipinski definition) is 0. The Hall–Kier alpha value is -3.82. The molecule has 0 radical (unpaired) electrons. The fourth-order valence-corrected chi connectivity index (χ4v) is 5.12. The van der Waals surface area contributed by atoms with Crippen LogP contribution in [0.5, 0.6) is 5.75 Å². The molecular weight excluding hydrogens is 532 g/mol. The third kappa shape index (κ3) is 5.69. The van der Waals surface area contributed by atoms with Crippen LogP contribution < -0.4 is 4.74 Å². The molecule has 0 bridgehead atoms. The van der Waals surface area contributed by atoms with Gasteiger partial charge in [0.05, 0.1) is 22.5 Å². The molecular formula is C28H22ClF2N3O3S. The molecule has 0 amide bonds. The monoisotopic (exact) mass is 553 g/mol. The van der Waals surface area contributed by atoms with Crippen molar-refractivity contribution >= 4 is 32.5 Å². The number of sulfone groups is 1. The van der Waals surface area contributed by atoms with Gasteiger partial charge in [-0.2, -0.15) is 8.78 Å². The number of nitrogens with zero attached hydrogens (tertiary/aromatic N) is 3. The zero-order valence-corrected chi connectivity index (χ0v) is 21.8. The van der Waals surface area contributed by atoms with Crippen molar-refractivity contribution < 1.29 is 21.9 Å². The van der Waals surface area contributed by atoms with Gasteiger partial charge in [-0.25, -0.2) is 13.4 Å². The summed E-state index contributed by atoms with van der Waals surface area (Å²) in [4.78, 5) is 9.14. The van der Waals surface area contributed by atoms with Crippen LogP contribution in [-0.4, -0.2) is 35.8 Å². The zero-order chi connectivity index (χ0) is 26.9. The van der Waals surface area contributed by atoms with Gasteiger partial charge < -0.3 is 9.30 Å². The maximum atomic E-state index is 13.1. The van der Waals surface area contributed by atoms with Gasteiger partial charge in [-0.1, -0.05) is 29.8 Å². The van der Waals surface area contributed by atoms with E-state index in [0.29, 0.717) is 17.0 Å². The average Bonchev–Trinajstić information content (AvgIpc) is 3.21. The highest BCUT2D eigenvalue weighted by Crippen LogP contribution is 2.31. The van der Waals surface area contributed by atoms with Gasteiger partial charge in [0.15, 0.2) is 9.84 Å². The summed E-state index contributed by atoms with van der Waals surface area (Å²) < 4.78 is 56.7. The molecule has 2 aromatic heterocycles. The van der Waals surface area contributed by atoms with Crippen LogP contribution in [0.15, 0.2) is 90.1 Å². The molecule has 0 atom stereocenters. The fraction of sp³-hybridized carbons (Fsp3) is 0.143. The Morgan fingerprint density at radius 1 is 0.947 bits per heavy atom. The van der Waals surface area contributed by atoms with Crippen molar-refractivity contribution in [2.45, 2.75) is 24.5 Å². The van der Waals surface area contributed by atoms with Crippen molar-refractivity contribution in [3.63, 3.8) is 0 Å². The van der Waals surface area contributed by atoms with Gasteiger partial charge in [0.25, 0.3) is 0 Å². The van der Waals surface area contributed by atoms with Gasteiger partial charge in [0.1, 0.15) is 11.6 Å². The first kappa shape index (κ1) is 25.8. The van der Waals surface area contributed by atoms with Gasteiger partial charge in [0, 0.05) is 35.7 Å². The smallest absolute Gasteiger partial charge is 0.387 e. The third-order valence-electron chi connectivity index (χ3n) is 6.12. The van der Waals surface area contributed by atoms with Crippen molar-refractivity contribution in [2.24, 2.45) is 0 Å². The molecule has 0 fully saturated rings. The molecule has 5 rings (SSSR count). The lowest BCUT2D eigenvalue weighted by molar-refractivity contribution is -0.0504. The Morgan fingerprint density at radius 2 is 1.66 bits per heavy atom. The minimum Gasteiger partial charge on any atom is -0.434 e. The Kier molecular flexibility index (Phi) is 7.14. The van der Waals surface area contributed by atoms with Crippen molar-refractivity contribution in [1.29, 1.82) is 0 Å². The molecule has 0 aliphatic heterocycles. The summed E-state index contributed by atoms with van der Waals surface area (Å²) in [5.41, 5.74) is 4.65. The topological polar surface area (TPSA) is 74.1 Å². The minimum absolute atomic E-state index is 0.0358. The second kappa shape index (κ2) is 10.5. The van der Waals surface area contributed by atoms with Crippen LogP contribution >= 0.6 is 11.6 Å². The van der Waals surface area contributed by atoms with E-state index in [1.54, 1.807) is 42.7 Å². The van der Waals surface area contributed by atoms with Gasteiger partial charge in [-0.15, -0.1) is 0 Å². The van der Waals surface area contributed by atoms with Gasteiger partial charge in [-0.05, 0) is 71.3 Å². The molecule has 0 saturated heterocycles. The summed E-state index contributed by atoms with van der Waals surface area (Å²) in [5.74, 6) is 0.757. The van der Waals surface area contributed by atoms with Crippen LogP contribution in [0.2, 0.25) is 5.02 Å². The SMILES string of the molecule is CS(=O)(=O)c1ccc(-c2ccc3nc(Cc4ccncc4)n(Cc4cc(Cl)ccc4OC(F)F)c3c2)cc1. The van der Waals surface area contributed by atoms with E-state index in [-0.39, 0.29) is 17.2 Å². The maximum absolute atomic E-state index is 13.1. The lowest BCUT2D eigenvalue weighted by Crippen LogP contribution is -2.10. The number of alkyl halides is 2. The van der Waals surface area contributed by atoms with E-state index in [9.17, 15) is 17.2 Å². The Balaban J connectivity index is 1.62. The van der Waals surface area contributed by atoms with Crippen LogP contribution in [0.25, 0.3) is 22.2 Å². The van der Waals surface area contributed by atoms with Gasteiger partial charge >= 0.3 is 6.61 Å². The number of imidazole rings is 1. The fourth-order valence-electron chi connectivity index (χ4n) is 4.29. The molecule has 6 nitrogen and oxygen atoms in total. The summed E-state index contributed by atoms with van der Waals surface area (Å²) in [6.07, 6.45) is 5.05. The number of benzene rings is 3. The largest absolute Gasteiger partial charge is 0.434 e. The van der Waals surface area contributed by atoms with Crippen molar-refractivity contribution in [3.8, 4) is 16.9 Å². The number of pyridine rings is 1. The molecule has 0 spiro atoms. The van der Waals surface area contributed by atoms with E-state index in [2.05, 4.69) is 4.98 Å². The highest BCUT2D eigenvalue weighted by atomic mass is 35.5. The molecule has 2 heterocycles. The van der Waals surface area contributed by atoms with E-state index >= 15 is 0 Å². The number of aromatic nitrogens is 3. The number of rotatable bonds is 8. The maximum Gasteiger partial charge on any atom is 0.387 e. The van der Waals surface area contributed by atoms with Gasteiger partial charge in [0.2, 0.25) is 0 Å². The van der Waals surface area contributed by atoms with E-state index in [1.165, 1.54) is 18.4 Å². The molecule has 38 heavy (non-hydrogen) atoms. The Labute approximate surface area is 223 Å². The molecule has 194 valence electrons. The third-order valence-corrected chi connectivity index (χ3v) is 7.49. The quantitative estimate of drug-likeness (QED) is 0.222. The summed E-state index contributed by atoms with van der Waals surface area (Å²) >= 11 is 6.21. The molecule has 0 aliphatic carbocycles. The van der Waals surface area contributed by atoms with Crippen molar-refractivity contribution in [3.05, 3.63) is 107 Å². The molecule has 0 unspecified atom stereocenters. The first-order valence-electron chi connectivity index (χ1n) is 11.6. The van der Waals surface area contributed by atoms with Crippen LogP contribution in [0.1, 0.15) is 17.0 Å². The van der Waals surface area contributed by atoms with Gasteiger partial charge in [-0.3, -0.25) is 4.98 Å². The molecule has 0 saturated carbocycles. The van der Waals surface area contributed by atoms with E-state index in [4.69, 9.17) is 21.3 Å². The van der Waals surface area contributed by atoms with E-state index in [0.717, 1.165) is 33.5 Å². The number of halogens is 3.